The number of aliphatic imine (C=N–C) groups is 1. The molecule has 0 spiro atoms. The number of carbonyl (C=O) groups is 6. The second-order valence-corrected chi connectivity index (χ2v) is 9.07. The molecule has 0 aromatic rings. The fourth-order valence-electron chi connectivity index (χ4n) is 3.23. The molecule has 4 unspecified atom stereocenters. The van der Waals surface area contributed by atoms with Crippen LogP contribution in [0.2, 0.25) is 0 Å². The molecule has 12 N–H and O–H groups in total. The van der Waals surface area contributed by atoms with E-state index >= 15 is 0 Å². The number of amides is 3. The van der Waals surface area contributed by atoms with Gasteiger partial charge in [0.15, 0.2) is 5.96 Å². The number of carbonyl (C=O) groups excluding carboxylic acids is 3. The first-order valence-corrected chi connectivity index (χ1v) is 12.0. The van der Waals surface area contributed by atoms with E-state index in [1.54, 1.807) is 13.8 Å². The van der Waals surface area contributed by atoms with Crippen molar-refractivity contribution in [2.75, 3.05) is 6.54 Å². The molecule has 0 rings (SSSR count). The minimum atomic E-state index is -1.52. The van der Waals surface area contributed by atoms with E-state index in [9.17, 15) is 33.9 Å². The van der Waals surface area contributed by atoms with Crippen molar-refractivity contribution in [3.63, 3.8) is 0 Å². The Kier molecular flexibility index (Phi) is 15.7. The summed E-state index contributed by atoms with van der Waals surface area (Å²) in [5.74, 6) is -6.49. The summed E-state index contributed by atoms with van der Waals surface area (Å²) < 4.78 is 0. The zero-order valence-electron chi connectivity index (χ0n) is 21.5. The highest BCUT2D eigenvalue weighted by atomic mass is 16.4. The SMILES string of the molecule is CC(C)CC(NC(=O)C(N)CCC(=O)O)C(=O)NC(CCCN=C(N)N)C(=O)NC(CCC(=O)O)C(=O)O. The van der Waals surface area contributed by atoms with E-state index in [2.05, 4.69) is 20.9 Å². The predicted octanol–water partition coefficient (Wildman–Crippen LogP) is -2.32. The number of guanidine groups is 1. The van der Waals surface area contributed by atoms with Crippen LogP contribution in [0, 0.1) is 5.92 Å². The van der Waals surface area contributed by atoms with E-state index in [1.807, 2.05) is 0 Å². The van der Waals surface area contributed by atoms with Crippen LogP contribution in [0.15, 0.2) is 4.99 Å². The van der Waals surface area contributed by atoms with Gasteiger partial charge in [-0.05, 0) is 38.0 Å². The summed E-state index contributed by atoms with van der Waals surface area (Å²) >= 11 is 0. The van der Waals surface area contributed by atoms with Crippen molar-refractivity contribution < 1.29 is 44.1 Å². The molecule has 0 aliphatic carbocycles. The van der Waals surface area contributed by atoms with Gasteiger partial charge in [0.2, 0.25) is 17.7 Å². The number of nitrogens with zero attached hydrogens (tertiary/aromatic N) is 1. The summed E-state index contributed by atoms with van der Waals surface area (Å²) in [4.78, 5) is 75.3. The molecule has 4 atom stereocenters. The van der Waals surface area contributed by atoms with Gasteiger partial charge in [0.25, 0.3) is 0 Å². The highest BCUT2D eigenvalue weighted by Crippen LogP contribution is 2.09. The van der Waals surface area contributed by atoms with Gasteiger partial charge in [0.05, 0.1) is 6.04 Å². The minimum Gasteiger partial charge on any atom is -0.481 e. The fraction of sp³-hybridized carbons (Fsp3) is 0.682. The molecule has 0 aliphatic heterocycles. The molecular formula is C22H39N7O9. The van der Waals surface area contributed by atoms with Crippen LogP contribution >= 0.6 is 0 Å². The molecule has 0 aromatic heterocycles. The van der Waals surface area contributed by atoms with Gasteiger partial charge in [-0.25, -0.2) is 4.79 Å². The van der Waals surface area contributed by atoms with Crippen molar-refractivity contribution in [3.05, 3.63) is 0 Å². The van der Waals surface area contributed by atoms with Crippen LogP contribution in [-0.2, 0) is 28.8 Å². The molecule has 0 saturated heterocycles. The average molecular weight is 546 g/mol. The van der Waals surface area contributed by atoms with Crippen molar-refractivity contribution in [3.8, 4) is 0 Å². The van der Waals surface area contributed by atoms with Crippen LogP contribution in [0.1, 0.15) is 58.8 Å². The quantitative estimate of drug-likeness (QED) is 0.0469. The lowest BCUT2D eigenvalue weighted by molar-refractivity contribution is -0.143. The Balaban J connectivity index is 5.65. The Hall–Kier alpha value is -3.95. The van der Waals surface area contributed by atoms with Crippen LogP contribution < -0.4 is 33.2 Å². The number of nitrogens with two attached hydrogens (primary N) is 3. The zero-order valence-corrected chi connectivity index (χ0v) is 21.5. The average Bonchev–Trinajstić information content (AvgIpc) is 2.80. The third-order valence-corrected chi connectivity index (χ3v) is 5.19. The molecule has 0 aliphatic rings. The largest absolute Gasteiger partial charge is 0.481 e. The number of rotatable bonds is 19. The first kappa shape index (κ1) is 34.0. The van der Waals surface area contributed by atoms with Gasteiger partial charge in [0.1, 0.15) is 18.1 Å². The number of carboxylic acid groups (broad SMARTS) is 3. The number of aliphatic carboxylic acids is 3. The second-order valence-electron chi connectivity index (χ2n) is 9.07. The van der Waals surface area contributed by atoms with E-state index < -0.39 is 66.2 Å². The number of carboxylic acids is 3. The smallest absolute Gasteiger partial charge is 0.326 e. The summed E-state index contributed by atoms with van der Waals surface area (Å²) in [5.41, 5.74) is 16.3. The minimum absolute atomic E-state index is 0.0138. The van der Waals surface area contributed by atoms with Gasteiger partial charge < -0.3 is 48.5 Å². The third-order valence-electron chi connectivity index (χ3n) is 5.19. The highest BCUT2D eigenvalue weighted by Gasteiger charge is 2.30. The van der Waals surface area contributed by atoms with Crippen LogP contribution in [0.25, 0.3) is 0 Å². The summed E-state index contributed by atoms with van der Waals surface area (Å²) in [6.07, 6.45) is -1.04. The van der Waals surface area contributed by atoms with E-state index in [-0.39, 0.29) is 56.9 Å². The maximum absolute atomic E-state index is 13.1. The van der Waals surface area contributed by atoms with E-state index in [0.29, 0.717) is 0 Å². The molecule has 0 radical (unpaired) electrons. The molecule has 3 amide bonds. The maximum Gasteiger partial charge on any atom is 0.326 e. The van der Waals surface area contributed by atoms with Crippen LogP contribution in [0.4, 0.5) is 0 Å². The van der Waals surface area contributed by atoms with Crippen LogP contribution in [-0.4, -0.2) is 87.6 Å². The lowest BCUT2D eigenvalue weighted by atomic mass is 10.0. The van der Waals surface area contributed by atoms with E-state index in [0.717, 1.165) is 0 Å². The van der Waals surface area contributed by atoms with E-state index in [1.165, 1.54) is 0 Å². The number of nitrogens with one attached hydrogen (secondary N) is 3. The standard InChI is InChI=1S/C22H39N7O9/c1-11(2)10-15(29-18(34)12(23)5-7-16(30)31)20(36)27-13(4-3-9-26-22(24)25)19(35)28-14(21(37)38)6-8-17(32)33/h11-15H,3-10,23H2,1-2H3,(H,27,36)(H,28,35)(H,29,34)(H,30,31)(H,32,33)(H,37,38)(H4,24,25,26). The van der Waals surface area contributed by atoms with Crippen LogP contribution in [0.5, 0.6) is 0 Å². The number of hydrogen-bond donors (Lipinski definition) is 9. The Labute approximate surface area is 219 Å². The van der Waals surface area contributed by atoms with Gasteiger partial charge >= 0.3 is 17.9 Å². The number of hydrogen-bond acceptors (Lipinski definition) is 8. The molecule has 16 heteroatoms. The molecule has 0 aromatic carbocycles. The van der Waals surface area contributed by atoms with Crippen molar-refractivity contribution >= 4 is 41.6 Å². The molecule has 16 nitrogen and oxygen atoms in total. The van der Waals surface area contributed by atoms with Gasteiger partial charge in [-0.3, -0.25) is 29.0 Å². The lowest BCUT2D eigenvalue weighted by Crippen LogP contribution is -2.57. The predicted molar refractivity (Wildman–Crippen MR) is 135 cm³/mol. The fourth-order valence-corrected chi connectivity index (χ4v) is 3.23. The first-order chi connectivity index (χ1) is 17.6. The summed E-state index contributed by atoms with van der Waals surface area (Å²) in [5, 5.41) is 34.2. The first-order valence-electron chi connectivity index (χ1n) is 12.0. The third kappa shape index (κ3) is 15.2. The second kappa shape index (κ2) is 17.5. The summed E-state index contributed by atoms with van der Waals surface area (Å²) in [6.45, 7) is 3.68. The molecule has 38 heavy (non-hydrogen) atoms. The monoisotopic (exact) mass is 545 g/mol. The molecular weight excluding hydrogens is 506 g/mol. The van der Waals surface area contributed by atoms with Gasteiger partial charge in [-0.1, -0.05) is 13.8 Å². The molecule has 0 fully saturated rings. The summed E-state index contributed by atoms with van der Waals surface area (Å²) in [7, 11) is 0. The zero-order chi connectivity index (χ0) is 29.4. The Bertz CT molecular complexity index is 875. The van der Waals surface area contributed by atoms with Crippen LogP contribution in [0.3, 0.4) is 0 Å². The Morgan fingerprint density at radius 3 is 1.74 bits per heavy atom. The molecule has 0 saturated carbocycles. The van der Waals surface area contributed by atoms with Gasteiger partial charge in [0, 0.05) is 19.4 Å². The summed E-state index contributed by atoms with van der Waals surface area (Å²) in [6, 6.07) is -5.10. The van der Waals surface area contributed by atoms with Crippen molar-refractivity contribution in [2.24, 2.45) is 28.1 Å². The Morgan fingerprint density at radius 1 is 0.737 bits per heavy atom. The highest BCUT2D eigenvalue weighted by molar-refractivity contribution is 5.94. The van der Waals surface area contributed by atoms with Crippen molar-refractivity contribution in [1.29, 1.82) is 0 Å². The Morgan fingerprint density at radius 2 is 1.24 bits per heavy atom. The normalized spacial score (nSPS) is 13.9. The topological polar surface area (TPSA) is 290 Å². The molecule has 216 valence electrons. The van der Waals surface area contributed by atoms with Gasteiger partial charge in [-0.15, -0.1) is 0 Å². The lowest BCUT2D eigenvalue weighted by Gasteiger charge is -2.26. The molecule has 0 bridgehead atoms. The maximum atomic E-state index is 13.1. The van der Waals surface area contributed by atoms with Crippen molar-refractivity contribution in [1.82, 2.24) is 16.0 Å². The van der Waals surface area contributed by atoms with E-state index in [4.69, 9.17) is 27.4 Å². The van der Waals surface area contributed by atoms with Crippen molar-refractivity contribution in [2.45, 2.75) is 83.0 Å². The molecule has 0 heterocycles. The van der Waals surface area contributed by atoms with Gasteiger partial charge in [-0.2, -0.15) is 0 Å².